The molecule has 0 radical (unpaired) electrons. The van der Waals surface area contributed by atoms with Crippen LogP contribution >= 0.6 is 0 Å². The van der Waals surface area contributed by atoms with Crippen LogP contribution in [0, 0.1) is 0 Å². The molecule has 3 N–H and O–H groups in total. The van der Waals surface area contributed by atoms with Crippen molar-refractivity contribution in [1.29, 1.82) is 0 Å². The van der Waals surface area contributed by atoms with E-state index in [-0.39, 0.29) is 30.2 Å². The molecule has 0 saturated carbocycles. The smallest absolute Gasteiger partial charge is 0.303 e. The summed E-state index contributed by atoms with van der Waals surface area (Å²) in [6.45, 7) is 0.0166. The number of sulfonamides is 1. The summed E-state index contributed by atoms with van der Waals surface area (Å²) in [4.78, 5) is 21.6. The number of rotatable bonds is 8. The minimum Gasteiger partial charge on any atom is -0.481 e. The van der Waals surface area contributed by atoms with Gasteiger partial charge in [0.2, 0.25) is 15.9 Å². The monoisotopic (exact) mass is 314 g/mol. The first-order chi connectivity index (χ1) is 9.85. The molecule has 0 aliphatic rings. The Morgan fingerprint density at radius 3 is 2.29 bits per heavy atom. The van der Waals surface area contributed by atoms with Gasteiger partial charge in [-0.1, -0.05) is 12.1 Å². The van der Waals surface area contributed by atoms with Crippen LogP contribution in [0.1, 0.15) is 18.4 Å². The van der Waals surface area contributed by atoms with Crippen molar-refractivity contribution in [3.05, 3.63) is 29.8 Å². The quantitative estimate of drug-likeness (QED) is 0.631. The molecule has 0 bridgehead atoms. The Kier molecular flexibility index (Phi) is 6.32. The van der Waals surface area contributed by atoms with Crippen LogP contribution in [0.4, 0.5) is 0 Å². The number of carboxylic acids is 1. The van der Waals surface area contributed by atoms with Gasteiger partial charge in [-0.05, 0) is 24.1 Å². The Hall–Kier alpha value is -1.93. The normalized spacial score (nSPS) is 11.1. The highest BCUT2D eigenvalue weighted by molar-refractivity contribution is 7.89. The Labute approximate surface area is 123 Å². The zero-order valence-electron chi connectivity index (χ0n) is 11.6. The second-order valence-corrected chi connectivity index (χ2v) is 6.13. The van der Waals surface area contributed by atoms with Gasteiger partial charge in [-0.3, -0.25) is 9.59 Å². The van der Waals surface area contributed by atoms with E-state index in [2.05, 4.69) is 10.0 Å². The first-order valence-electron chi connectivity index (χ1n) is 6.36. The van der Waals surface area contributed by atoms with Crippen molar-refractivity contribution in [2.75, 3.05) is 13.6 Å². The molecule has 0 spiro atoms. The number of nitrogens with one attached hydrogen (secondary N) is 2. The number of amides is 1. The van der Waals surface area contributed by atoms with Crippen molar-refractivity contribution in [3.63, 3.8) is 0 Å². The van der Waals surface area contributed by atoms with Crippen LogP contribution in [0.2, 0.25) is 0 Å². The van der Waals surface area contributed by atoms with Gasteiger partial charge in [0, 0.05) is 26.4 Å². The predicted molar refractivity (Wildman–Crippen MR) is 76.3 cm³/mol. The highest BCUT2D eigenvalue weighted by atomic mass is 32.2. The largest absolute Gasteiger partial charge is 0.481 e. The predicted octanol–water partition coefficient (Wildman–Crippen LogP) is 0.118. The van der Waals surface area contributed by atoms with E-state index in [1.54, 1.807) is 12.1 Å². The Balaban J connectivity index is 2.62. The summed E-state index contributed by atoms with van der Waals surface area (Å²) in [5.74, 6) is -1.15. The maximum Gasteiger partial charge on any atom is 0.303 e. The summed E-state index contributed by atoms with van der Waals surface area (Å²) in [5, 5.41) is 11.0. The minimum absolute atomic E-state index is 0.00350. The number of benzene rings is 1. The second kappa shape index (κ2) is 7.75. The highest BCUT2D eigenvalue weighted by Crippen LogP contribution is 2.11. The SMILES string of the molecule is CNC(=O)CCNS(=O)(=O)c1ccc(CCC(=O)O)cc1. The maximum atomic E-state index is 11.9. The molecule has 21 heavy (non-hydrogen) atoms. The topological polar surface area (TPSA) is 113 Å². The fourth-order valence-corrected chi connectivity index (χ4v) is 2.63. The van der Waals surface area contributed by atoms with Crippen molar-refractivity contribution in [1.82, 2.24) is 10.0 Å². The Morgan fingerprint density at radius 2 is 1.76 bits per heavy atom. The van der Waals surface area contributed by atoms with Crippen LogP contribution in [-0.4, -0.2) is 39.0 Å². The number of carbonyl (C=O) groups excluding carboxylic acids is 1. The van der Waals surface area contributed by atoms with Crippen molar-refractivity contribution in [2.24, 2.45) is 0 Å². The molecular weight excluding hydrogens is 296 g/mol. The van der Waals surface area contributed by atoms with Crippen LogP contribution in [0.15, 0.2) is 29.2 Å². The molecule has 8 heteroatoms. The van der Waals surface area contributed by atoms with Gasteiger partial charge in [0.1, 0.15) is 0 Å². The Bertz CT molecular complexity index is 595. The molecule has 1 amide bonds. The molecular formula is C13H18N2O5S. The molecule has 1 aromatic rings. The minimum atomic E-state index is -3.66. The summed E-state index contributed by atoms with van der Waals surface area (Å²) in [6, 6.07) is 5.99. The zero-order valence-corrected chi connectivity index (χ0v) is 12.4. The fourth-order valence-electron chi connectivity index (χ4n) is 1.59. The molecule has 0 aliphatic heterocycles. The summed E-state index contributed by atoms with van der Waals surface area (Å²) in [5.41, 5.74) is 0.752. The molecule has 1 aromatic carbocycles. The summed E-state index contributed by atoms with van der Waals surface area (Å²) in [6.07, 6.45) is 0.405. The molecule has 1 rings (SSSR count). The highest BCUT2D eigenvalue weighted by Gasteiger charge is 2.13. The molecule has 0 aromatic heterocycles. The van der Waals surface area contributed by atoms with Gasteiger partial charge >= 0.3 is 5.97 Å². The molecule has 0 saturated heterocycles. The van der Waals surface area contributed by atoms with E-state index in [9.17, 15) is 18.0 Å². The molecule has 116 valence electrons. The summed E-state index contributed by atoms with van der Waals surface area (Å²) >= 11 is 0. The third-order valence-corrected chi connectivity index (χ3v) is 4.26. The van der Waals surface area contributed by atoms with Crippen molar-refractivity contribution >= 4 is 21.9 Å². The average Bonchev–Trinajstić information content (AvgIpc) is 2.45. The third-order valence-electron chi connectivity index (χ3n) is 2.78. The molecule has 0 heterocycles. The van der Waals surface area contributed by atoms with Gasteiger partial charge in [0.15, 0.2) is 0 Å². The number of aliphatic carboxylic acids is 1. The van der Waals surface area contributed by atoms with Gasteiger partial charge in [-0.2, -0.15) is 0 Å². The summed E-state index contributed by atoms with van der Waals surface area (Å²) in [7, 11) is -2.18. The zero-order chi connectivity index (χ0) is 15.9. The van der Waals surface area contributed by atoms with Gasteiger partial charge in [-0.25, -0.2) is 13.1 Å². The molecule has 7 nitrogen and oxygen atoms in total. The number of hydrogen-bond acceptors (Lipinski definition) is 4. The number of carboxylic acid groups (broad SMARTS) is 1. The Morgan fingerprint density at radius 1 is 1.14 bits per heavy atom. The van der Waals surface area contributed by atoms with Crippen LogP contribution in [0.5, 0.6) is 0 Å². The maximum absolute atomic E-state index is 11.9. The van der Waals surface area contributed by atoms with E-state index >= 15 is 0 Å². The van der Waals surface area contributed by atoms with E-state index in [0.29, 0.717) is 6.42 Å². The average molecular weight is 314 g/mol. The number of hydrogen-bond donors (Lipinski definition) is 3. The van der Waals surface area contributed by atoms with E-state index in [1.165, 1.54) is 19.2 Å². The first kappa shape index (κ1) is 17.1. The lowest BCUT2D eigenvalue weighted by molar-refractivity contribution is -0.137. The van der Waals surface area contributed by atoms with Gasteiger partial charge in [0.25, 0.3) is 0 Å². The van der Waals surface area contributed by atoms with Crippen molar-refractivity contribution < 1.29 is 23.1 Å². The van der Waals surface area contributed by atoms with E-state index < -0.39 is 16.0 Å². The lowest BCUT2D eigenvalue weighted by Gasteiger charge is -2.07. The van der Waals surface area contributed by atoms with Crippen molar-refractivity contribution in [2.45, 2.75) is 24.2 Å². The number of carbonyl (C=O) groups is 2. The fraction of sp³-hybridized carbons (Fsp3) is 0.385. The summed E-state index contributed by atoms with van der Waals surface area (Å²) < 4.78 is 26.2. The van der Waals surface area contributed by atoms with Gasteiger partial charge < -0.3 is 10.4 Å². The standard InChI is InChI=1S/C13H18N2O5S/c1-14-12(16)8-9-15-21(19,20)11-5-2-10(3-6-11)4-7-13(17)18/h2-3,5-6,15H,4,7-9H2,1H3,(H,14,16)(H,17,18). The molecule has 0 unspecified atom stereocenters. The first-order valence-corrected chi connectivity index (χ1v) is 7.84. The van der Waals surface area contributed by atoms with Crippen LogP contribution in [0.25, 0.3) is 0 Å². The molecule has 0 aliphatic carbocycles. The van der Waals surface area contributed by atoms with Gasteiger partial charge in [0.05, 0.1) is 4.90 Å². The molecule has 0 fully saturated rings. The number of aryl methyl sites for hydroxylation is 1. The van der Waals surface area contributed by atoms with E-state index in [4.69, 9.17) is 5.11 Å². The lowest BCUT2D eigenvalue weighted by atomic mass is 10.1. The lowest BCUT2D eigenvalue weighted by Crippen LogP contribution is -2.29. The van der Waals surface area contributed by atoms with Gasteiger partial charge in [-0.15, -0.1) is 0 Å². The van der Waals surface area contributed by atoms with Crippen LogP contribution in [0.3, 0.4) is 0 Å². The van der Waals surface area contributed by atoms with Crippen LogP contribution in [-0.2, 0) is 26.0 Å². The third kappa shape index (κ3) is 5.92. The molecule has 0 atom stereocenters. The van der Waals surface area contributed by atoms with E-state index in [0.717, 1.165) is 5.56 Å². The van der Waals surface area contributed by atoms with Crippen LogP contribution < -0.4 is 10.0 Å². The van der Waals surface area contributed by atoms with Crippen molar-refractivity contribution in [3.8, 4) is 0 Å². The van der Waals surface area contributed by atoms with E-state index in [1.807, 2.05) is 0 Å². The second-order valence-electron chi connectivity index (χ2n) is 4.36.